The Kier molecular flexibility index (Phi) is 3.98. The Morgan fingerprint density at radius 2 is 2.00 bits per heavy atom. The predicted octanol–water partition coefficient (Wildman–Crippen LogP) is 3.57. The van der Waals surface area contributed by atoms with Crippen molar-refractivity contribution >= 4 is 0 Å². The van der Waals surface area contributed by atoms with E-state index in [1.165, 1.54) is 22.3 Å². The Labute approximate surface area is 126 Å². The maximum absolute atomic E-state index is 6.34. The Bertz CT molecular complexity index is 635. The first-order chi connectivity index (χ1) is 10.1. The van der Waals surface area contributed by atoms with Crippen molar-refractivity contribution in [3.63, 3.8) is 0 Å². The number of hydrogen-bond acceptors (Lipinski definition) is 2. The lowest BCUT2D eigenvalue weighted by molar-refractivity contribution is 0.210. The summed E-state index contributed by atoms with van der Waals surface area (Å²) in [6.07, 6.45) is 3.03. The fourth-order valence-electron chi connectivity index (χ4n) is 3.12. The maximum atomic E-state index is 6.34. The van der Waals surface area contributed by atoms with Crippen LogP contribution in [-0.4, -0.2) is 12.1 Å². The first-order valence-corrected chi connectivity index (χ1v) is 7.68. The molecule has 2 nitrogen and oxygen atoms in total. The predicted molar refractivity (Wildman–Crippen MR) is 86.8 cm³/mol. The van der Waals surface area contributed by atoms with Crippen LogP contribution in [0.4, 0.5) is 0 Å². The van der Waals surface area contributed by atoms with Gasteiger partial charge in [-0.05, 0) is 43.0 Å². The van der Waals surface area contributed by atoms with E-state index in [9.17, 15) is 0 Å². The van der Waals surface area contributed by atoms with Crippen LogP contribution in [-0.2, 0) is 12.8 Å². The quantitative estimate of drug-likeness (QED) is 0.930. The van der Waals surface area contributed by atoms with Crippen LogP contribution in [0.15, 0.2) is 42.5 Å². The molecular weight excluding hydrogens is 258 g/mol. The molecule has 2 aromatic rings. The molecule has 0 saturated carbocycles. The SMILES string of the molecule is Cc1ccc2c(c1)CC(CC(N)Cc1ccccc1C)O2. The third-order valence-electron chi connectivity index (χ3n) is 4.27. The van der Waals surface area contributed by atoms with Gasteiger partial charge < -0.3 is 10.5 Å². The summed E-state index contributed by atoms with van der Waals surface area (Å²) in [4.78, 5) is 0. The molecule has 0 amide bonds. The summed E-state index contributed by atoms with van der Waals surface area (Å²) >= 11 is 0. The van der Waals surface area contributed by atoms with E-state index in [0.717, 1.165) is 25.0 Å². The normalized spacial score (nSPS) is 18.1. The summed E-state index contributed by atoms with van der Waals surface area (Å²) in [5.41, 5.74) is 11.6. The Morgan fingerprint density at radius 1 is 1.19 bits per heavy atom. The number of hydrogen-bond donors (Lipinski definition) is 1. The van der Waals surface area contributed by atoms with Gasteiger partial charge in [0.1, 0.15) is 11.9 Å². The number of rotatable bonds is 4. The minimum atomic E-state index is 0.145. The molecule has 0 aliphatic carbocycles. The molecule has 0 saturated heterocycles. The summed E-state index contributed by atoms with van der Waals surface area (Å²) in [6, 6.07) is 15.0. The standard InChI is InChI=1S/C19H23NO/c1-13-7-8-19-16(9-13)11-18(21-19)12-17(20)10-15-6-4-3-5-14(15)2/h3-9,17-18H,10-12,20H2,1-2H3. The molecule has 21 heavy (non-hydrogen) atoms. The topological polar surface area (TPSA) is 35.2 Å². The summed E-state index contributed by atoms with van der Waals surface area (Å²) in [5.74, 6) is 1.04. The number of benzene rings is 2. The smallest absolute Gasteiger partial charge is 0.123 e. The minimum Gasteiger partial charge on any atom is -0.490 e. The molecule has 0 spiro atoms. The molecule has 110 valence electrons. The number of ether oxygens (including phenoxy) is 1. The second kappa shape index (κ2) is 5.90. The number of aryl methyl sites for hydroxylation is 2. The first kappa shape index (κ1) is 14.2. The van der Waals surface area contributed by atoms with Gasteiger partial charge >= 0.3 is 0 Å². The maximum Gasteiger partial charge on any atom is 0.123 e. The highest BCUT2D eigenvalue weighted by molar-refractivity contribution is 5.40. The van der Waals surface area contributed by atoms with E-state index in [2.05, 4.69) is 56.3 Å². The van der Waals surface area contributed by atoms with Gasteiger partial charge in [0.25, 0.3) is 0 Å². The van der Waals surface area contributed by atoms with Gasteiger partial charge in [-0.15, -0.1) is 0 Å². The van der Waals surface area contributed by atoms with Crippen LogP contribution in [0.2, 0.25) is 0 Å². The van der Waals surface area contributed by atoms with Crippen molar-refractivity contribution in [3.05, 3.63) is 64.7 Å². The third-order valence-corrected chi connectivity index (χ3v) is 4.27. The van der Waals surface area contributed by atoms with Crippen molar-refractivity contribution in [1.29, 1.82) is 0 Å². The van der Waals surface area contributed by atoms with Crippen molar-refractivity contribution < 1.29 is 4.74 Å². The molecule has 0 aromatic heterocycles. The van der Waals surface area contributed by atoms with Crippen molar-refractivity contribution in [2.24, 2.45) is 5.73 Å². The molecule has 0 fully saturated rings. The van der Waals surface area contributed by atoms with Crippen LogP contribution in [0.25, 0.3) is 0 Å². The van der Waals surface area contributed by atoms with E-state index >= 15 is 0 Å². The van der Waals surface area contributed by atoms with Gasteiger partial charge in [-0.2, -0.15) is 0 Å². The van der Waals surface area contributed by atoms with Crippen molar-refractivity contribution in [2.45, 2.75) is 45.3 Å². The number of nitrogens with two attached hydrogens (primary N) is 1. The zero-order chi connectivity index (χ0) is 14.8. The zero-order valence-electron chi connectivity index (χ0n) is 12.8. The minimum absolute atomic E-state index is 0.145. The van der Waals surface area contributed by atoms with Gasteiger partial charge in [-0.1, -0.05) is 42.0 Å². The monoisotopic (exact) mass is 281 g/mol. The average Bonchev–Trinajstić information content (AvgIpc) is 2.82. The van der Waals surface area contributed by atoms with E-state index < -0.39 is 0 Å². The molecule has 1 aliphatic heterocycles. The van der Waals surface area contributed by atoms with Crippen LogP contribution in [0.3, 0.4) is 0 Å². The zero-order valence-corrected chi connectivity index (χ0v) is 12.8. The molecule has 1 heterocycles. The fourth-order valence-corrected chi connectivity index (χ4v) is 3.12. The molecule has 2 unspecified atom stereocenters. The molecule has 0 bridgehead atoms. The summed E-state index contributed by atoms with van der Waals surface area (Å²) < 4.78 is 6.02. The van der Waals surface area contributed by atoms with Crippen molar-refractivity contribution in [2.75, 3.05) is 0 Å². The van der Waals surface area contributed by atoms with Crippen molar-refractivity contribution in [1.82, 2.24) is 0 Å². The molecule has 2 N–H and O–H groups in total. The van der Waals surface area contributed by atoms with Gasteiger partial charge in [0.15, 0.2) is 0 Å². The van der Waals surface area contributed by atoms with E-state index in [1.807, 2.05) is 0 Å². The van der Waals surface area contributed by atoms with E-state index in [0.29, 0.717) is 0 Å². The molecule has 2 aromatic carbocycles. The van der Waals surface area contributed by atoms with Crippen LogP contribution in [0.1, 0.15) is 28.7 Å². The lowest BCUT2D eigenvalue weighted by atomic mass is 9.96. The first-order valence-electron chi connectivity index (χ1n) is 7.68. The lowest BCUT2D eigenvalue weighted by Gasteiger charge is -2.17. The van der Waals surface area contributed by atoms with E-state index in [4.69, 9.17) is 10.5 Å². The van der Waals surface area contributed by atoms with Crippen LogP contribution in [0, 0.1) is 13.8 Å². The number of fused-ring (bicyclic) bond motifs is 1. The Hall–Kier alpha value is -1.80. The highest BCUT2D eigenvalue weighted by Gasteiger charge is 2.24. The largest absolute Gasteiger partial charge is 0.490 e. The Balaban J connectivity index is 1.60. The van der Waals surface area contributed by atoms with Crippen LogP contribution in [0.5, 0.6) is 5.75 Å². The van der Waals surface area contributed by atoms with Gasteiger partial charge in [0.05, 0.1) is 0 Å². The van der Waals surface area contributed by atoms with Gasteiger partial charge in [-0.3, -0.25) is 0 Å². The highest BCUT2D eigenvalue weighted by atomic mass is 16.5. The fraction of sp³-hybridized carbons (Fsp3) is 0.368. The van der Waals surface area contributed by atoms with Gasteiger partial charge in [0.2, 0.25) is 0 Å². The summed E-state index contributed by atoms with van der Waals surface area (Å²) in [7, 11) is 0. The molecular formula is C19H23NO. The molecule has 2 atom stereocenters. The lowest BCUT2D eigenvalue weighted by Crippen LogP contribution is -2.30. The molecule has 0 radical (unpaired) electrons. The van der Waals surface area contributed by atoms with Crippen LogP contribution >= 0.6 is 0 Å². The highest BCUT2D eigenvalue weighted by Crippen LogP contribution is 2.31. The third kappa shape index (κ3) is 3.27. The summed E-state index contributed by atoms with van der Waals surface area (Å²) in [6.45, 7) is 4.27. The van der Waals surface area contributed by atoms with Gasteiger partial charge in [0, 0.05) is 18.9 Å². The van der Waals surface area contributed by atoms with Gasteiger partial charge in [-0.25, -0.2) is 0 Å². The second-order valence-electron chi connectivity index (χ2n) is 6.18. The van der Waals surface area contributed by atoms with E-state index in [-0.39, 0.29) is 12.1 Å². The molecule has 1 aliphatic rings. The summed E-state index contributed by atoms with van der Waals surface area (Å²) in [5, 5.41) is 0. The molecule has 2 heteroatoms. The Morgan fingerprint density at radius 3 is 2.81 bits per heavy atom. The average molecular weight is 281 g/mol. The second-order valence-corrected chi connectivity index (χ2v) is 6.18. The van der Waals surface area contributed by atoms with Crippen LogP contribution < -0.4 is 10.5 Å². The molecule has 3 rings (SSSR count). The van der Waals surface area contributed by atoms with E-state index in [1.54, 1.807) is 0 Å². The van der Waals surface area contributed by atoms with Crippen molar-refractivity contribution in [3.8, 4) is 5.75 Å².